The fourth-order valence-electron chi connectivity index (χ4n) is 1.08. The fraction of sp³-hybridized carbons (Fsp3) is 0.500. The summed E-state index contributed by atoms with van der Waals surface area (Å²) >= 11 is 0. The molecular weight excluding hydrogens is 172 g/mol. The highest BCUT2D eigenvalue weighted by molar-refractivity contribution is 5.87. The molecule has 0 aliphatic carbocycles. The number of rotatable bonds is 4. The van der Waals surface area contributed by atoms with E-state index < -0.39 is 5.97 Å². The smallest absolute Gasteiger partial charge is 0.354 e. The summed E-state index contributed by atoms with van der Waals surface area (Å²) in [6, 6.07) is 0. The zero-order chi connectivity index (χ0) is 9.84. The van der Waals surface area contributed by atoms with E-state index in [4.69, 9.17) is 9.84 Å². The van der Waals surface area contributed by atoms with Crippen LogP contribution in [0.2, 0.25) is 0 Å². The van der Waals surface area contributed by atoms with Crippen molar-refractivity contribution < 1.29 is 14.6 Å². The zero-order valence-electron chi connectivity index (χ0n) is 7.65. The summed E-state index contributed by atoms with van der Waals surface area (Å²) in [5, 5.41) is 12.7. The van der Waals surface area contributed by atoms with Crippen molar-refractivity contribution in [3.05, 3.63) is 17.5 Å². The highest BCUT2D eigenvalue weighted by Crippen LogP contribution is 2.08. The Hall–Kier alpha value is -1.36. The normalized spacial score (nSPS) is 10.3. The zero-order valence-corrected chi connectivity index (χ0v) is 7.65. The summed E-state index contributed by atoms with van der Waals surface area (Å²) in [6.07, 6.45) is 1.51. The Morgan fingerprint density at radius 3 is 3.00 bits per heavy atom. The molecule has 0 atom stereocenters. The molecule has 5 nitrogen and oxygen atoms in total. The average molecular weight is 184 g/mol. The van der Waals surface area contributed by atoms with Gasteiger partial charge in [-0.05, 0) is 6.92 Å². The van der Waals surface area contributed by atoms with Crippen LogP contribution in [0, 0.1) is 0 Å². The van der Waals surface area contributed by atoms with E-state index in [1.54, 1.807) is 7.05 Å². The first-order valence-electron chi connectivity index (χ1n) is 3.98. The number of carboxylic acid groups (broad SMARTS) is 1. The predicted octanol–water partition coefficient (Wildman–Crippen LogP) is 0.655. The summed E-state index contributed by atoms with van der Waals surface area (Å²) in [5.41, 5.74) is 0.797. The number of hydrogen-bond donors (Lipinski definition) is 1. The van der Waals surface area contributed by atoms with Crippen LogP contribution in [0.3, 0.4) is 0 Å². The Morgan fingerprint density at radius 1 is 1.77 bits per heavy atom. The second-order valence-electron chi connectivity index (χ2n) is 2.58. The number of nitrogens with zero attached hydrogens (tertiary/aromatic N) is 2. The van der Waals surface area contributed by atoms with Gasteiger partial charge in [0.25, 0.3) is 0 Å². The first-order valence-corrected chi connectivity index (χ1v) is 3.98. The Bertz CT molecular complexity index is 306. The molecule has 1 aromatic heterocycles. The van der Waals surface area contributed by atoms with Crippen LogP contribution >= 0.6 is 0 Å². The second kappa shape index (κ2) is 4.04. The number of ether oxygens (including phenoxy) is 1. The highest BCUT2D eigenvalue weighted by atomic mass is 16.5. The standard InChI is InChI=1S/C8H12N2O3/c1-3-13-5-6-4-9-10(2)7(6)8(11)12/h4H,3,5H2,1-2H3,(H,11,12). The van der Waals surface area contributed by atoms with Gasteiger partial charge in [-0.1, -0.05) is 0 Å². The van der Waals surface area contributed by atoms with Gasteiger partial charge in [-0.3, -0.25) is 4.68 Å². The maximum Gasteiger partial charge on any atom is 0.354 e. The van der Waals surface area contributed by atoms with Crippen molar-refractivity contribution >= 4 is 5.97 Å². The lowest BCUT2D eigenvalue weighted by Gasteiger charge is -2.00. The molecule has 0 amide bonds. The number of hydrogen-bond acceptors (Lipinski definition) is 3. The lowest BCUT2D eigenvalue weighted by molar-refractivity contribution is 0.0676. The van der Waals surface area contributed by atoms with Crippen LogP contribution in [0.15, 0.2) is 6.20 Å². The Morgan fingerprint density at radius 2 is 2.46 bits per heavy atom. The van der Waals surface area contributed by atoms with E-state index in [1.165, 1.54) is 10.9 Å². The van der Waals surface area contributed by atoms with E-state index in [1.807, 2.05) is 6.92 Å². The Balaban J connectivity index is 2.87. The van der Waals surface area contributed by atoms with Crippen LogP contribution in [-0.2, 0) is 18.4 Å². The molecule has 72 valence electrons. The summed E-state index contributed by atoms with van der Waals surface area (Å²) in [4.78, 5) is 10.8. The van der Waals surface area contributed by atoms with E-state index >= 15 is 0 Å². The molecule has 0 saturated heterocycles. The van der Waals surface area contributed by atoms with Crippen LogP contribution in [-0.4, -0.2) is 27.5 Å². The van der Waals surface area contributed by atoms with Crippen LogP contribution in [0.25, 0.3) is 0 Å². The molecule has 0 fully saturated rings. The van der Waals surface area contributed by atoms with Crippen molar-refractivity contribution in [2.75, 3.05) is 6.61 Å². The van der Waals surface area contributed by atoms with Crippen molar-refractivity contribution in [1.82, 2.24) is 9.78 Å². The van der Waals surface area contributed by atoms with E-state index in [9.17, 15) is 4.79 Å². The van der Waals surface area contributed by atoms with Crippen LogP contribution in [0.5, 0.6) is 0 Å². The molecule has 0 aromatic carbocycles. The number of carboxylic acids is 1. The van der Waals surface area contributed by atoms with Crippen LogP contribution < -0.4 is 0 Å². The molecule has 0 unspecified atom stereocenters. The van der Waals surface area contributed by atoms with E-state index in [-0.39, 0.29) is 5.69 Å². The number of aryl methyl sites for hydroxylation is 1. The second-order valence-corrected chi connectivity index (χ2v) is 2.58. The van der Waals surface area contributed by atoms with E-state index in [0.717, 1.165) is 0 Å². The number of carbonyl (C=O) groups is 1. The minimum absolute atomic E-state index is 0.188. The molecule has 0 radical (unpaired) electrons. The van der Waals surface area contributed by atoms with Crippen molar-refractivity contribution in [3.8, 4) is 0 Å². The molecule has 1 rings (SSSR count). The maximum absolute atomic E-state index is 10.8. The highest BCUT2D eigenvalue weighted by Gasteiger charge is 2.14. The first kappa shape index (κ1) is 9.73. The SMILES string of the molecule is CCOCc1cnn(C)c1C(=O)O. The monoisotopic (exact) mass is 184 g/mol. The number of aromatic nitrogens is 2. The summed E-state index contributed by atoms with van der Waals surface area (Å²) in [5.74, 6) is -0.977. The van der Waals surface area contributed by atoms with Crippen molar-refractivity contribution in [1.29, 1.82) is 0 Å². The Kier molecular flexibility index (Phi) is 3.02. The topological polar surface area (TPSA) is 64.4 Å². The van der Waals surface area contributed by atoms with Crippen molar-refractivity contribution in [3.63, 3.8) is 0 Å². The van der Waals surface area contributed by atoms with Gasteiger partial charge >= 0.3 is 5.97 Å². The minimum atomic E-state index is -0.977. The summed E-state index contributed by atoms with van der Waals surface area (Å²) in [7, 11) is 1.60. The average Bonchev–Trinajstić information content (AvgIpc) is 2.43. The third kappa shape index (κ3) is 2.06. The molecule has 13 heavy (non-hydrogen) atoms. The molecule has 1 aromatic rings. The van der Waals surface area contributed by atoms with E-state index in [0.29, 0.717) is 18.8 Å². The van der Waals surface area contributed by atoms with E-state index in [2.05, 4.69) is 5.10 Å². The molecule has 0 saturated carbocycles. The molecule has 0 aliphatic heterocycles. The lowest BCUT2D eigenvalue weighted by Crippen LogP contribution is -2.08. The van der Waals surface area contributed by atoms with Crippen LogP contribution in [0.4, 0.5) is 0 Å². The minimum Gasteiger partial charge on any atom is -0.477 e. The van der Waals surface area contributed by atoms with Crippen molar-refractivity contribution in [2.45, 2.75) is 13.5 Å². The largest absolute Gasteiger partial charge is 0.477 e. The number of aromatic carboxylic acids is 1. The van der Waals surface area contributed by atoms with Gasteiger partial charge < -0.3 is 9.84 Å². The third-order valence-corrected chi connectivity index (χ3v) is 1.68. The summed E-state index contributed by atoms with van der Waals surface area (Å²) < 4.78 is 6.44. The molecular formula is C8H12N2O3. The summed E-state index contributed by atoms with van der Waals surface area (Å²) in [6.45, 7) is 2.72. The third-order valence-electron chi connectivity index (χ3n) is 1.68. The maximum atomic E-state index is 10.8. The van der Waals surface area contributed by atoms with Crippen molar-refractivity contribution in [2.24, 2.45) is 7.05 Å². The predicted molar refractivity (Wildman–Crippen MR) is 45.5 cm³/mol. The molecule has 0 spiro atoms. The molecule has 1 N–H and O–H groups in total. The Labute approximate surface area is 75.9 Å². The molecule has 0 aliphatic rings. The molecule has 1 heterocycles. The van der Waals surface area contributed by atoms with Gasteiger partial charge in [0.2, 0.25) is 0 Å². The quantitative estimate of drug-likeness (QED) is 0.746. The lowest BCUT2D eigenvalue weighted by atomic mass is 10.2. The van der Waals surface area contributed by atoms with Gasteiger partial charge in [-0.15, -0.1) is 0 Å². The molecule has 0 bridgehead atoms. The van der Waals surface area contributed by atoms with Gasteiger partial charge in [0.15, 0.2) is 5.69 Å². The van der Waals surface area contributed by atoms with Gasteiger partial charge in [-0.25, -0.2) is 4.79 Å². The van der Waals surface area contributed by atoms with Crippen LogP contribution in [0.1, 0.15) is 23.0 Å². The molecule has 5 heteroatoms. The van der Waals surface area contributed by atoms with Gasteiger partial charge in [0.05, 0.1) is 12.8 Å². The fourth-order valence-corrected chi connectivity index (χ4v) is 1.08. The van der Waals surface area contributed by atoms with Gasteiger partial charge in [-0.2, -0.15) is 5.10 Å². The van der Waals surface area contributed by atoms with Gasteiger partial charge in [0.1, 0.15) is 0 Å². The van der Waals surface area contributed by atoms with Gasteiger partial charge in [0, 0.05) is 19.2 Å². The first-order chi connectivity index (χ1) is 6.16.